The van der Waals surface area contributed by atoms with Gasteiger partial charge in [-0.3, -0.25) is 9.79 Å². The third-order valence-corrected chi connectivity index (χ3v) is 2.07. The zero-order chi connectivity index (χ0) is 12.0. The van der Waals surface area contributed by atoms with Gasteiger partial charge in [0.25, 0.3) is 0 Å². The molecule has 0 spiro atoms. The van der Waals surface area contributed by atoms with E-state index in [4.69, 9.17) is 10.8 Å². The summed E-state index contributed by atoms with van der Waals surface area (Å²) in [5, 5.41) is 8.48. The first-order valence-electron chi connectivity index (χ1n) is 5.05. The van der Waals surface area contributed by atoms with Crippen LogP contribution in [-0.2, 0) is 4.79 Å². The number of carbonyl (C=O) groups is 1. The lowest BCUT2D eigenvalue weighted by molar-refractivity contribution is -0.136. The Labute approximate surface area is 90.9 Å². The third-order valence-electron chi connectivity index (χ3n) is 2.07. The molecule has 0 aromatic heterocycles. The van der Waals surface area contributed by atoms with Gasteiger partial charge >= 0.3 is 5.97 Å². The summed E-state index contributed by atoms with van der Waals surface area (Å²) in [4.78, 5) is 14.5. The molecule has 0 aliphatic heterocycles. The van der Waals surface area contributed by atoms with Gasteiger partial charge in [-0.05, 0) is 25.3 Å². The van der Waals surface area contributed by atoms with Gasteiger partial charge in [-0.1, -0.05) is 13.8 Å². The molecule has 0 saturated carbocycles. The Bertz CT molecular complexity index is 287. The van der Waals surface area contributed by atoms with Gasteiger partial charge in [-0.2, -0.15) is 0 Å². The minimum absolute atomic E-state index is 0.0618. The summed E-state index contributed by atoms with van der Waals surface area (Å²) in [6.45, 7) is 8.10. The lowest BCUT2D eigenvalue weighted by Gasteiger charge is -2.13. The number of nitrogens with two attached hydrogens (primary N) is 1. The number of hydrogen-bond donors (Lipinski definition) is 2. The highest BCUT2D eigenvalue weighted by Crippen LogP contribution is 2.14. The Hall–Kier alpha value is -1.32. The van der Waals surface area contributed by atoms with Crippen LogP contribution in [0.15, 0.2) is 16.3 Å². The molecule has 0 bridgehead atoms. The molecule has 0 aromatic rings. The van der Waals surface area contributed by atoms with E-state index in [9.17, 15) is 4.79 Å². The normalized spacial score (nSPS) is 14.1. The molecule has 0 amide bonds. The average molecular weight is 212 g/mol. The van der Waals surface area contributed by atoms with E-state index in [1.165, 1.54) is 0 Å². The van der Waals surface area contributed by atoms with Crippen molar-refractivity contribution in [2.75, 3.05) is 6.54 Å². The molecule has 4 heteroatoms. The number of carboxylic acids is 1. The molecule has 0 heterocycles. The molecule has 86 valence electrons. The second kappa shape index (κ2) is 6.22. The summed E-state index contributed by atoms with van der Waals surface area (Å²) < 4.78 is 0. The smallest absolute Gasteiger partial charge is 0.305 e. The Morgan fingerprint density at radius 2 is 1.93 bits per heavy atom. The Morgan fingerprint density at radius 3 is 2.27 bits per heavy atom. The number of aliphatic imine (C=N–C) groups is 1. The molecule has 4 nitrogen and oxygen atoms in total. The summed E-state index contributed by atoms with van der Waals surface area (Å²) in [5.74, 6) is -0.519. The first-order valence-corrected chi connectivity index (χ1v) is 5.05. The Kier molecular flexibility index (Phi) is 5.67. The first-order chi connectivity index (χ1) is 6.86. The van der Waals surface area contributed by atoms with E-state index in [1.54, 1.807) is 0 Å². The largest absolute Gasteiger partial charge is 0.481 e. The van der Waals surface area contributed by atoms with Crippen LogP contribution in [0.3, 0.4) is 0 Å². The minimum atomic E-state index is -0.828. The highest BCUT2D eigenvalue weighted by molar-refractivity contribution is 5.99. The third kappa shape index (κ3) is 5.20. The van der Waals surface area contributed by atoms with Crippen molar-refractivity contribution < 1.29 is 9.90 Å². The fraction of sp³-hybridized carbons (Fsp3) is 0.636. The molecule has 0 saturated heterocycles. The van der Waals surface area contributed by atoms with Crippen molar-refractivity contribution in [1.82, 2.24) is 0 Å². The Balaban J connectivity index is 4.59. The van der Waals surface area contributed by atoms with Gasteiger partial charge in [-0.15, -0.1) is 0 Å². The van der Waals surface area contributed by atoms with E-state index in [-0.39, 0.29) is 6.42 Å². The second-order valence-corrected chi connectivity index (χ2v) is 3.86. The predicted molar refractivity (Wildman–Crippen MR) is 62.0 cm³/mol. The molecular formula is C11H20N2O2. The molecule has 0 atom stereocenters. The summed E-state index contributed by atoms with van der Waals surface area (Å²) >= 11 is 0. The molecule has 0 aromatic carbocycles. The lowest BCUT2D eigenvalue weighted by atomic mass is 9.97. The van der Waals surface area contributed by atoms with Crippen molar-refractivity contribution in [3.05, 3.63) is 11.3 Å². The second-order valence-electron chi connectivity index (χ2n) is 3.86. The van der Waals surface area contributed by atoms with Crippen molar-refractivity contribution in [2.24, 2.45) is 16.6 Å². The molecule has 3 N–H and O–H groups in total. The molecular weight excluding hydrogens is 192 g/mol. The van der Waals surface area contributed by atoms with E-state index in [1.807, 2.05) is 27.7 Å². The van der Waals surface area contributed by atoms with Crippen LogP contribution in [0.25, 0.3) is 0 Å². The molecule has 0 radical (unpaired) electrons. The van der Waals surface area contributed by atoms with Crippen molar-refractivity contribution in [1.29, 1.82) is 0 Å². The molecule has 0 unspecified atom stereocenters. The molecule has 0 fully saturated rings. The molecule has 15 heavy (non-hydrogen) atoms. The van der Waals surface area contributed by atoms with Crippen LogP contribution in [0.2, 0.25) is 0 Å². The summed E-state index contributed by atoms with van der Waals surface area (Å²) in [7, 11) is 0. The number of allylic oxidation sites excluding steroid dienone is 2. The topological polar surface area (TPSA) is 75.7 Å². The highest BCUT2D eigenvalue weighted by atomic mass is 16.4. The average Bonchev–Trinajstić information content (AvgIpc) is 2.01. The van der Waals surface area contributed by atoms with Gasteiger partial charge in [0, 0.05) is 18.0 Å². The van der Waals surface area contributed by atoms with Crippen LogP contribution in [-0.4, -0.2) is 23.3 Å². The number of nitrogens with zero attached hydrogens (tertiary/aromatic N) is 1. The van der Waals surface area contributed by atoms with E-state index in [0.29, 0.717) is 12.5 Å². The summed E-state index contributed by atoms with van der Waals surface area (Å²) in [6.07, 6.45) is 0.0618. The zero-order valence-electron chi connectivity index (χ0n) is 9.87. The van der Waals surface area contributed by atoms with E-state index >= 15 is 0 Å². The monoisotopic (exact) mass is 212 g/mol. The van der Waals surface area contributed by atoms with Crippen LogP contribution >= 0.6 is 0 Å². The number of hydrogen-bond acceptors (Lipinski definition) is 3. The van der Waals surface area contributed by atoms with Crippen molar-refractivity contribution in [3.8, 4) is 0 Å². The Morgan fingerprint density at radius 1 is 1.40 bits per heavy atom. The number of rotatable bonds is 5. The van der Waals surface area contributed by atoms with Crippen LogP contribution in [0.5, 0.6) is 0 Å². The fourth-order valence-corrected chi connectivity index (χ4v) is 1.56. The summed E-state index contributed by atoms with van der Waals surface area (Å²) in [5.41, 5.74) is 8.36. The van der Waals surface area contributed by atoms with Gasteiger partial charge < -0.3 is 10.8 Å². The zero-order valence-corrected chi connectivity index (χ0v) is 9.87. The molecule has 0 aliphatic rings. The van der Waals surface area contributed by atoms with Crippen LogP contribution < -0.4 is 5.73 Å². The van der Waals surface area contributed by atoms with E-state index in [0.717, 1.165) is 17.0 Å². The maximum absolute atomic E-state index is 10.3. The highest BCUT2D eigenvalue weighted by Gasteiger charge is 2.09. The first kappa shape index (κ1) is 13.7. The molecule has 0 aliphatic carbocycles. The van der Waals surface area contributed by atoms with Crippen LogP contribution in [0.1, 0.15) is 34.1 Å². The van der Waals surface area contributed by atoms with Gasteiger partial charge in [-0.25, -0.2) is 0 Å². The van der Waals surface area contributed by atoms with Crippen LogP contribution in [0, 0.1) is 5.92 Å². The quantitative estimate of drug-likeness (QED) is 0.682. The van der Waals surface area contributed by atoms with Crippen molar-refractivity contribution in [3.63, 3.8) is 0 Å². The van der Waals surface area contributed by atoms with Gasteiger partial charge in [0.15, 0.2) is 0 Å². The van der Waals surface area contributed by atoms with Gasteiger partial charge in [0.05, 0.1) is 6.42 Å². The lowest BCUT2D eigenvalue weighted by Crippen LogP contribution is -2.12. The van der Waals surface area contributed by atoms with E-state index < -0.39 is 5.97 Å². The molecule has 0 rings (SSSR count). The van der Waals surface area contributed by atoms with Gasteiger partial charge in [0.1, 0.15) is 0 Å². The fourth-order valence-electron chi connectivity index (χ4n) is 1.56. The number of aliphatic carboxylic acids is 1. The van der Waals surface area contributed by atoms with Gasteiger partial charge in [0.2, 0.25) is 0 Å². The predicted octanol–water partition coefficient (Wildman–Crippen LogP) is 1.81. The summed E-state index contributed by atoms with van der Waals surface area (Å²) in [6, 6.07) is 0. The SMILES string of the molecule is CC(=NCCC(=O)O)C(=C(C)N)C(C)C. The maximum atomic E-state index is 10.3. The van der Waals surface area contributed by atoms with Crippen LogP contribution in [0.4, 0.5) is 0 Å². The van der Waals surface area contributed by atoms with Crippen molar-refractivity contribution >= 4 is 11.7 Å². The van der Waals surface area contributed by atoms with E-state index in [2.05, 4.69) is 4.99 Å². The maximum Gasteiger partial charge on any atom is 0.305 e. The minimum Gasteiger partial charge on any atom is -0.481 e. The van der Waals surface area contributed by atoms with Crippen molar-refractivity contribution in [2.45, 2.75) is 34.1 Å². The standard InChI is InChI=1S/C11H20N2O2/c1-7(2)11(8(3)12)9(4)13-6-5-10(14)15/h7H,5-6,12H2,1-4H3,(H,14,15). The number of carboxylic acid groups (broad SMARTS) is 1.